The molecule has 40 heavy (non-hydrogen) atoms. The van der Waals surface area contributed by atoms with Gasteiger partial charge in [-0.2, -0.15) is 13.2 Å². The number of alkyl halides is 3. The third-order valence-corrected chi connectivity index (χ3v) is 9.40. The van der Waals surface area contributed by atoms with Crippen molar-refractivity contribution in [1.82, 2.24) is 14.6 Å². The van der Waals surface area contributed by atoms with Crippen LogP contribution in [0.3, 0.4) is 0 Å². The van der Waals surface area contributed by atoms with Crippen LogP contribution in [0.25, 0.3) is 11.3 Å². The zero-order valence-corrected chi connectivity index (χ0v) is 24.5. The van der Waals surface area contributed by atoms with E-state index in [1.807, 2.05) is 11.5 Å². The first-order valence-electron chi connectivity index (χ1n) is 14.0. The van der Waals surface area contributed by atoms with E-state index in [-0.39, 0.29) is 17.5 Å². The van der Waals surface area contributed by atoms with Crippen molar-refractivity contribution in [1.29, 1.82) is 0 Å². The molecule has 1 amide bonds. The lowest BCUT2D eigenvalue weighted by molar-refractivity contribution is -0.139. The molecule has 4 rings (SSSR count). The molecule has 1 aliphatic carbocycles. The highest BCUT2D eigenvalue weighted by atomic mass is 32.2. The smallest absolute Gasteiger partial charge is 0.379 e. The van der Waals surface area contributed by atoms with E-state index >= 15 is 0 Å². The molecule has 0 unspecified atom stereocenters. The summed E-state index contributed by atoms with van der Waals surface area (Å²) in [5.74, 6) is 0.0558. The highest BCUT2D eigenvalue weighted by Crippen LogP contribution is 2.39. The monoisotopic (exact) mass is 583 g/mol. The van der Waals surface area contributed by atoms with Crippen molar-refractivity contribution in [2.45, 2.75) is 102 Å². The minimum absolute atomic E-state index is 0.123. The Morgan fingerprint density at radius 2 is 1.75 bits per heavy atom. The van der Waals surface area contributed by atoms with Crippen molar-refractivity contribution in [2.24, 2.45) is 5.92 Å². The Hall–Kier alpha value is -2.37. The minimum atomic E-state index is -4.91. The Morgan fingerprint density at radius 1 is 1.05 bits per heavy atom. The summed E-state index contributed by atoms with van der Waals surface area (Å²) in [6.45, 7) is 8.18. The predicted molar refractivity (Wildman–Crippen MR) is 148 cm³/mol. The molecular weight excluding hydrogens is 543 g/mol. The number of carbonyl (C=O) groups excluding carboxylic acids is 1. The number of aromatic nitrogens is 1. The third kappa shape index (κ3) is 7.28. The lowest BCUT2D eigenvalue weighted by Crippen LogP contribution is -2.41. The molecule has 1 saturated heterocycles. The van der Waals surface area contributed by atoms with Crippen molar-refractivity contribution in [3.05, 3.63) is 41.1 Å². The molecule has 1 aromatic heterocycles. The van der Waals surface area contributed by atoms with E-state index in [0.29, 0.717) is 42.6 Å². The Morgan fingerprint density at radius 3 is 2.35 bits per heavy atom. The van der Waals surface area contributed by atoms with Crippen LogP contribution in [0.2, 0.25) is 0 Å². The number of benzene rings is 1. The quantitative estimate of drug-likeness (QED) is 0.416. The van der Waals surface area contributed by atoms with Gasteiger partial charge in [-0.1, -0.05) is 25.3 Å². The molecule has 222 valence electrons. The van der Waals surface area contributed by atoms with Crippen LogP contribution in [-0.4, -0.2) is 43.7 Å². The van der Waals surface area contributed by atoms with E-state index in [1.54, 1.807) is 26.8 Å². The number of hydrogen-bond donors (Lipinski definition) is 2. The van der Waals surface area contributed by atoms with Gasteiger partial charge in [0.15, 0.2) is 0 Å². The fraction of sp³-hybridized carbons (Fsp3) is 0.621. The van der Waals surface area contributed by atoms with Crippen molar-refractivity contribution in [2.75, 3.05) is 13.2 Å². The van der Waals surface area contributed by atoms with Gasteiger partial charge in [0.05, 0.1) is 28.7 Å². The van der Waals surface area contributed by atoms with Crippen LogP contribution < -0.4 is 10.0 Å². The first-order chi connectivity index (χ1) is 18.7. The first-order valence-corrected chi connectivity index (χ1v) is 15.5. The van der Waals surface area contributed by atoms with Crippen LogP contribution in [0.15, 0.2) is 29.2 Å². The number of nitrogens with one attached hydrogen (secondary N) is 2. The molecule has 0 spiro atoms. The molecule has 0 bridgehead atoms. The summed E-state index contributed by atoms with van der Waals surface area (Å²) in [7, 11) is -4.45. The summed E-state index contributed by atoms with van der Waals surface area (Å²) in [5, 5.41) is 3.01. The van der Waals surface area contributed by atoms with Gasteiger partial charge in [-0.05, 0) is 83.1 Å². The topological polar surface area (TPSA) is 89.4 Å². The summed E-state index contributed by atoms with van der Waals surface area (Å²) in [5.41, 5.74) is -0.453. The second-order valence-corrected chi connectivity index (χ2v) is 13.7. The molecule has 7 nitrogen and oxygen atoms in total. The largest absolute Gasteiger partial charge is 0.417 e. The van der Waals surface area contributed by atoms with E-state index in [0.717, 1.165) is 50.7 Å². The second kappa shape index (κ2) is 11.9. The van der Waals surface area contributed by atoms with Gasteiger partial charge in [0.25, 0.3) is 5.91 Å². The highest BCUT2D eigenvalue weighted by molar-refractivity contribution is 7.89. The first kappa shape index (κ1) is 30.6. The molecule has 0 radical (unpaired) electrons. The average molecular weight is 584 g/mol. The number of amides is 1. The number of hydrogen-bond acceptors (Lipinski definition) is 4. The van der Waals surface area contributed by atoms with E-state index in [4.69, 9.17) is 4.74 Å². The molecule has 1 saturated carbocycles. The van der Waals surface area contributed by atoms with Gasteiger partial charge in [0, 0.05) is 30.1 Å². The van der Waals surface area contributed by atoms with Crippen LogP contribution in [0, 0.1) is 12.8 Å². The summed E-state index contributed by atoms with van der Waals surface area (Å²) >= 11 is 0. The Bertz CT molecular complexity index is 1320. The average Bonchev–Trinajstić information content (AvgIpc) is 3.19. The summed E-state index contributed by atoms with van der Waals surface area (Å²) in [6.07, 6.45) is 2.13. The van der Waals surface area contributed by atoms with E-state index < -0.39 is 32.2 Å². The Balaban J connectivity index is 1.79. The van der Waals surface area contributed by atoms with Crippen LogP contribution in [0.4, 0.5) is 13.2 Å². The van der Waals surface area contributed by atoms with E-state index in [1.165, 1.54) is 12.5 Å². The second-order valence-electron chi connectivity index (χ2n) is 12.1. The number of nitrogens with zero attached hydrogens (tertiary/aromatic N) is 1. The van der Waals surface area contributed by atoms with Crippen molar-refractivity contribution in [3.8, 4) is 11.3 Å². The van der Waals surface area contributed by atoms with Gasteiger partial charge in [-0.3, -0.25) is 4.79 Å². The fourth-order valence-corrected chi connectivity index (χ4v) is 7.33. The van der Waals surface area contributed by atoms with Gasteiger partial charge < -0.3 is 14.6 Å². The standard InChI is InChI=1S/C29H40F3N3O4S/c1-19-23(27(36)33-22-11-8-14-39-18-22)16-25(35(19)17-20-9-6-5-7-10-20)21-12-13-26(24(15-21)29(30,31)32)40(37,38)34-28(2,3)4/h12-13,15-16,20,22,34H,5-11,14,17-18H2,1-4H3,(H,33,36)/t22-/m1/s1. The van der Waals surface area contributed by atoms with Gasteiger partial charge >= 0.3 is 6.18 Å². The molecule has 2 N–H and O–H groups in total. The molecule has 2 aliphatic rings. The SMILES string of the molecule is Cc1c(C(=O)N[C@@H]2CCCOC2)cc(-c2ccc(S(=O)(=O)NC(C)(C)C)c(C(F)(F)F)c2)n1CC1CCCCC1. The molecule has 1 aliphatic heterocycles. The maximum Gasteiger partial charge on any atom is 0.417 e. The Kier molecular flexibility index (Phi) is 9.06. The molecule has 2 aromatic rings. The van der Waals surface area contributed by atoms with Crippen molar-refractivity contribution >= 4 is 15.9 Å². The molecule has 1 aromatic carbocycles. The lowest BCUT2D eigenvalue weighted by Gasteiger charge is -2.25. The normalized spacial score (nSPS) is 19.5. The highest BCUT2D eigenvalue weighted by Gasteiger charge is 2.39. The maximum atomic E-state index is 14.3. The zero-order chi connectivity index (χ0) is 29.3. The van der Waals surface area contributed by atoms with Gasteiger partial charge in [-0.25, -0.2) is 13.1 Å². The van der Waals surface area contributed by atoms with Crippen molar-refractivity contribution < 1.29 is 31.1 Å². The van der Waals surface area contributed by atoms with Crippen LogP contribution in [0.1, 0.15) is 87.3 Å². The maximum absolute atomic E-state index is 14.3. The number of rotatable bonds is 7. The van der Waals surface area contributed by atoms with Crippen molar-refractivity contribution in [3.63, 3.8) is 0 Å². The van der Waals surface area contributed by atoms with E-state index in [9.17, 15) is 26.4 Å². The van der Waals surface area contributed by atoms with Crippen LogP contribution in [-0.2, 0) is 27.5 Å². The lowest BCUT2D eigenvalue weighted by atomic mass is 9.89. The molecular formula is C29H40F3N3O4S. The van der Waals surface area contributed by atoms with Gasteiger partial charge in [0.1, 0.15) is 0 Å². The summed E-state index contributed by atoms with van der Waals surface area (Å²) < 4.78 is 78.5. The fourth-order valence-electron chi connectivity index (χ4n) is 5.70. The molecule has 2 fully saturated rings. The summed E-state index contributed by atoms with van der Waals surface area (Å²) in [6, 6.07) is 4.81. The number of halogens is 3. The molecule has 1 atom stereocenters. The molecule has 11 heteroatoms. The number of sulfonamides is 1. The predicted octanol–water partition coefficient (Wildman–Crippen LogP) is 6.05. The van der Waals surface area contributed by atoms with E-state index in [2.05, 4.69) is 10.0 Å². The third-order valence-electron chi connectivity index (χ3n) is 7.58. The number of carbonyl (C=O) groups is 1. The minimum Gasteiger partial charge on any atom is -0.379 e. The Labute approximate surface area is 234 Å². The summed E-state index contributed by atoms with van der Waals surface area (Å²) in [4.78, 5) is 12.5. The van der Waals surface area contributed by atoms with Gasteiger partial charge in [-0.15, -0.1) is 0 Å². The van der Waals surface area contributed by atoms with Crippen LogP contribution in [0.5, 0.6) is 0 Å². The number of ether oxygens (including phenoxy) is 1. The van der Waals surface area contributed by atoms with Gasteiger partial charge in [0.2, 0.25) is 10.0 Å². The zero-order valence-electron chi connectivity index (χ0n) is 23.7. The van der Waals surface area contributed by atoms with Crippen LogP contribution >= 0.6 is 0 Å². The molecule has 2 heterocycles.